The van der Waals surface area contributed by atoms with Crippen molar-refractivity contribution in [2.45, 2.75) is 39.2 Å². The van der Waals surface area contributed by atoms with Gasteiger partial charge in [0.15, 0.2) is 6.61 Å². The van der Waals surface area contributed by atoms with E-state index in [2.05, 4.69) is 19.2 Å². The fourth-order valence-corrected chi connectivity index (χ4v) is 2.43. The molecule has 4 nitrogen and oxygen atoms in total. The van der Waals surface area contributed by atoms with Crippen molar-refractivity contribution in [3.63, 3.8) is 0 Å². The molecular formula is C16H23NO3. The van der Waals surface area contributed by atoms with Crippen molar-refractivity contribution >= 4 is 5.91 Å². The standard InChI is InChI=1S/C16H23NO3/c1-11(2)8-9-17-16(19)10-20-15-5-3-4-12-13(15)6-7-14(12)18/h3-5,11,14,18H,6-10H2,1-2H3,(H,17,19). The van der Waals surface area contributed by atoms with E-state index in [4.69, 9.17) is 4.74 Å². The molecule has 4 heteroatoms. The van der Waals surface area contributed by atoms with Gasteiger partial charge in [-0.1, -0.05) is 26.0 Å². The molecule has 0 radical (unpaired) electrons. The number of rotatable bonds is 6. The first-order valence-corrected chi connectivity index (χ1v) is 7.27. The van der Waals surface area contributed by atoms with Crippen molar-refractivity contribution in [1.29, 1.82) is 0 Å². The number of benzene rings is 1. The summed E-state index contributed by atoms with van der Waals surface area (Å²) in [6, 6.07) is 5.64. The first-order chi connectivity index (χ1) is 9.58. The lowest BCUT2D eigenvalue weighted by Gasteiger charge is -2.12. The van der Waals surface area contributed by atoms with Gasteiger partial charge in [0.1, 0.15) is 5.75 Å². The zero-order chi connectivity index (χ0) is 14.5. The number of hydrogen-bond acceptors (Lipinski definition) is 3. The Morgan fingerprint density at radius 2 is 2.30 bits per heavy atom. The molecule has 0 fully saturated rings. The molecule has 0 saturated heterocycles. The maximum atomic E-state index is 11.7. The Hall–Kier alpha value is -1.55. The molecule has 1 aliphatic rings. The number of aliphatic hydroxyl groups excluding tert-OH is 1. The van der Waals surface area contributed by atoms with Gasteiger partial charge in [0.25, 0.3) is 5.91 Å². The molecular weight excluding hydrogens is 254 g/mol. The van der Waals surface area contributed by atoms with Crippen LogP contribution in [0.2, 0.25) is 0 Å². The minimum absolute atomic E-state index is 0.0324. The molecule has 110 valence electrons. The molecule has 1 unspecified atom stereocenters. The predicted molar refractivity (Wildman–Crippen MR) is 77.7 cm³/mol. The van der Waals surface area contributed by atoms with Crippen molar-refractivity contribution in [1.82, 2.24) is 5.32 Å². The Labute approximate surface area is 120 Å². The van der Waals surface area contributed by atoms with Crippen LogP contribution in [0.3, 0.4) is 0 Å². The highest BCUT2D eigenvalue weighted by atomic mass is 16.5. The van der Waals surface area contributed by atoms with Crippen molar-refractivity contribution in [3.8, 4) is 5.75 Å². The Balaban J connectivity index is 1.84. The molecule has 0 aliphatic heterocycles. The van der Waals surface area contributed by atoms with Gasteiger partial charge in [0.2, 0.25) is 0 Å². The van der Waals surface area contributed by atoms with E-state index in [-0.39, 0.29) is 12.5 Å². The van der Waals surface area contributed by atoms with Gasteiger partial charge in [-0.3, -0.25) is 4.79 Å². The third kappa shape index (κ3) is 3.73. The summed E-state index contributed by atoms with van der Waals surface area (Å²) in [5, 5.41) is 12.7. The number of amides is 1. The van der Waals surface area contributed by atoms with E-state index in [1.54, 1.807) is 0 Å². The van der Waals surface area contributed by atoms with Crippen LogP contribution < -0.4 is 10.1 Å². The van der Waals surface area contributed by atoms with Crippen LogP contribution >= 0.6 is 0 Å². The SMILES string of the molecule is CC(C)CCNC(=O)COc1cccc2c1CCC2O. The Kier molecular flexibility index (Phi) is 5.01. The molecule has 0 saturated carbocycles. The van der Waals surface area contributed by atoms with E-state index in [1.807, 2.05) is 18.2 Å². The Morgan fingerprint density at radius 3 is 3.05 bits per heavy atom. The molecule has 1 aromatic carbocycles. The van der Waals surface area contributed by atoms with Gasteiger partial charge in [-0.25, -0.2) is 0 Å². The van der Waals surface area contributed by atoms with E-state index in [1.165, 1.54) is 0 Å². The molecule has 1 aromatic rings. The van der Waals surface area contributed by atoms with Crippen LogP contribution in [0, 0.1) is 5.92 Å². The number of nitrogens with one attached hydrogen (secondary N) is 1. The summed E-state index contributed by atoms with van der Waals surface area (Å²) in [5.41, 5.74) is 1.97. The third-order valence-corrected chi connectivity index (χ3v) is 3.60. The molecule has 1 atom stereocenters. The normalized spacial score (nSPS) is 17.1. The monoisotopic (exact) mass is 277 g/mol. The summed E-state index contributed by atoms with van der Waals surface area (Å²) < 4.78 is 5.59. The number of ether oxygens (including phenoxy) is 1. The molecule has 2 rings (SSSR count). The molecule has 20 heavy (non-hydrogen) atoms. The lowest BCUT2D eigenvalue weighted by atomic mass is 10.1. The van der Waals surface area contributed by atoms with Crippen LogP contribution in [0.15, 0.2) is 18.2 Å². The minimum atomic E-state index is -0.395. The van der Waals surface area contributed by atoms with Gasteiger partial charge in [-0.2, -0.15) is 0 Å². The fourth-order valence-electron chi connectivity index (χ4n) is 2.43. The van der Waals surface area contributed by atoms with Crippen LogP contribution in [0.4, 0.5) is 0 Å². The van der Waals surface area contributed by atoms with Crippen LogP contribution in [-0.2, 0) is 11.2 Å². The van der Waals surface area contributed by atoms with Crippen LogP contribution in [0.1, 0.15) is 43.9 Å². The van der Waals surface area contributed by atoms with E-state index in [0.29, 0.717) is 12.5 Å². The molecule has 0 bridgehead atoms. The van der Waals surface area contributed by atoms with Crippen LogP contribution in [0.5, 0.6) is 5.75 Å². The van der Waals surface area contributed by atoms with Crippen LogP contribution in [-0.4, -0.2) is 24.2 Å². The number of fused-ring (bicyclic) bond motifs is 1. The van der Waals surface area contributed by atoms with Gasteiger partial charge in [0.05, 0.1) is 6.10 Å². The van der Waals surface area contributed by atoms with Gasteiger partial charge in [-0.15, -0.1) is 0 Å². The molecule has 0 aromatic heterocycles. The minimum Gasteiger partial charge on any atom is -0.483 e. The highest BCUT2D eigenvalue weighted by molar-refractivity contribution is 5.77. The third-order valence-electron chi connectivity index (χ3n) is 3.60. The summed E-state index contributed by atoms with van der Waals surface area (Å²) in [4.78, 5) is 11.7. The topological polar surface area (TPSA) is 58.6 Å². The number of carbonyl (C=O) groups is 1. The maximum absolute atomic E-state index is 11.7. The number of hydrogen-bond donors (Lipinski definition) is 2. The van der Waals surface area contributed by atoms with Crippen molar-refractivity contribution in [2.75, 3.05) is 13.2 Å². The Morgan fingerprint density at radius 1 is 1.50 bits per heavy atom. The van der Waals surface area contributed by atoms with Crippen LogP contribution in [0.25, 0.3) is 0 Å². The number of aliphatic hydroxyl groups is 1. The zero-order valence-electron chi connectivity index (χ0n) is 12.2. The zero-order valence-corrected chi connectivity index (χ0v) is 12.2. The summed E-state index contributed by atoms with van der Waals surface area (Å²) in [5.74, 6) is 1.20. The maximum Gasteiger partial charge on any atom is 0.257 e. The predicted octanol–water partition coefficient (Wildman–Crippen LogP) is 2.21. The van der Waals surface area contributed by atoms with Crippen molar-refractivity contribution < 1.29 is 14.6 Å². The average molecular weight is 277 g/mol. The second-order valence-electron chi connectivity index (χ2n) is 5.70. The summed E-state index contributed by atoms with van der Waals surface area (Å²) in [7, 11) is 0. The highest BCUT2D eigenvalue weighted by Crippen LogP contribution is 2.36. The summed E-state index contributed by atoms with van der Waals surface area (Å²) in [6.45, 7) is 4.97. The quantitative estimate of drug-likeness (QED) is 0.838. The first-order valence-electron chi connectivity index (χ1n) is 7.27. The lowest BCUT2D eigenvalue weighted by molar-refractivity contribution is -0.123. The van der Waals surface area contributed by atoms with Gasteiger partial charge < -0.3 is 15.2 Å². The average Bonchev–Trinajstić information content (AvgIpc) is 2.78. The molecule has 0 spiro atoms. The smallest absolute Gasteiger partial charge is 0.257 e. The lowest BCUT2D eigenvalue weighted by Crippen LogP contribution is -2.30. The van der Waals surface area contributed by atoms with Crippen molar-refractivity contribution in [2.24, 2.45) is 5.92 Å². The first kappa shape index (κ1) is 14.9. The largest absolute Gasteiger partial charge is 0.483 e. The van der Waals surface area contributed by atoms with E-state index in [0.717, 1.165) is 36.1 Å². The van der Waals surface area contributed by atoms with E-state index in [9.17, 15) is 9.90 Å². The summed E-state index contributed by atoms with van der Waals surface area (Å²) >= 11 is 0. The second-order valence-corrected chi connectivity index (χ2v) is 5.70. The molecule has 0 heterocycles. The van der Waals surface area contributed by atoms with E-state index >= 15 is 0 Å². The molecule has 1 amide bonds. The second kappa shape index (κ2) is 6.75. The van der Waals surface area contributed by atoms with Gasteiger partial charge in [-0.05, 0) is 36.8 Å². The molecule has 2 N–H and O–H groups in total. The van der Waals surface area contributed by atoms with Gasteiger partial charge >= 0.3 is 0 Å². The Bertz CT molecular complexity index is 471. The van der Waals surface area contributed by atoms with E-state index < -0.39 is 6.10 Å². The number of carbonyl (C=O) groups excluding carboxylic acids is 1. The highest BCUT2D eigenvalue weighted by Gasteiger charge is 2.23. The fraction of sp³-hybridized carbons (Fsp3) is 0.562. The van der Waals surface area contributed by atoms with Crippen molar-refractivity contribution in [3.05, 3.63) is 29.3 Å². The summed E-state index contributed by atoms with van der Waals surface area (Å²) in [6.07, 6.45) is 2.12. The van der Waals surface area contributed by atoms with Gasteiger partial charge in [0, 0.05) is 12.1 Å². The molecule has 1 aliphatic carbocycles.